The monoisotopic (exact) mass is 348 g/mol. The molecule has 2 rings (SSSR count). The Bertz CT molecular complexity index is 700. The standard InChI is InChI=1S/C17H28N6S/c1-7-18-17(22(5)10-15-11-24-14(4)20-15)19-9-8-16-12(2)21-23(6)13(16)3/h11H,7-10H2,1-6H3,(H,18,19). The molecule has 132 valence electrons. The lowest BCUT2D eigenvalue weighted by Gasteiger charge is -2.21. The molecular formula is C17H28N6S. The van der Waals surface area contributed by atoms with Crippen LogP contribution in [0.3, 0.4) is 0 Å². The average molecular weight is 349 g/mol. The van der Waals surface area contributed by atoms with E-state index in [1.165, 1.54) is 11.3 Å². The van der Waals surface area contributed by atoms with Gasteiger partial charge in [0.25, 0.3) is 0 Å². The summed E-state index contributed by atoms with van der Waals surface area (Å²) in [7, 11) is 4.04. The van der Waals surface area contributed by atoms with Crippen LogP contribution >= 0.6 is 11.3 Å². The minimum atomic E-state index is 0.746. The maximum Gasteiger partial charge on any atom is 0.194 e. The van der Waals surface area contributed by atoms with Gasteiger partial charge in [0, 0.05) is 38.3 Å². The Morgan fingerprint density at radius 1 is 1.38 bits per heavy atom. The minimum absolute atomic E-state index is 0.746. The number of guanidine groups is 1. The molecule has 0 fully saturated rings. The van der Waals surface area contributed by atoms with E-state index in [9.17, 15) is 0 Å². The number of aliphatic imine (C=N–C) groups is 1. The van der Waals surface area contributed by atoms with Crippen LogP contribution in [-0.2, 0) is 20.0 Å². The van der Waals surface area contributed by atoms with Crippen molar-refractivity contribution in [3.05, 3.63) is 33.0 Å². The van der Waals surface area contributed by atoms with E-state index in [1.807, 2.05) is 18.7 Å². The molecule has 2 aromatic rings. The Labute approximate surface area is 148 Å². The quantitative estimate of drug-likeness (QED) is 0.643. The molecule has 6 nitrogen and oxygen atoms in total. The summed E-state index contributed by atoms with van der Waals surface area (Å²) in [6.45, 7) is 10.7. The van der Waals surface area contributed by atoms with Crippen LogP contribution in [0, 0.1) is 20.8 Å². The molecular weight excluding hydrogens is 320 g/mol. The Balaban J connectivity index is 2.01. The maximum absolute atomic E-state index is 4.77. The number of thiazole rings is 1. The molecule has 2 heterocycles. The van der Waals surface area contributed by atoms with Gasteiger partial charge >= 0.3 is 0 Å². The van der Waals surface area contributed by atoms with E-state index >= 15 is 0 Å². The first-order valence-electron chi connectivity index (χ1n) is 8.31. The average Bonchev–Trinajstić information content (AvgIpc) is 3.03. The summed E-state index contributed by atoms with van der Waals surface area (Å²) < 4.78 is 1.94. The number of nitrogens with zero attached hydrogens (tertiary/aromatic N) is 5. The van der Waals surface area contributed by atoms with Crippen molar-refractivity contribution in [2.45, 2.75) is 40.7 Å². The molecule has 0 bridgehead atoms. The Hall–Kier alpha value is -1.89. The summed E-state index contributed by atoms with van der Waals surface area (Å²) in [5, 5.41) is 11.0. The third kappa shape index (κ3) is 4.56. The zero-order valence-corrected chi connectivity index (χ0v) is 16.4. The van der Waals surface area contributed by atoms with Gasteiger partial charge in [-0.25, -0.2) is 4.98 Å². The molecule has 1 N–H and O–H groups in total. The van der Waals surface area contributed by atoms with Crippen LogP contribution in [0.25, 0.3) is 0 Å². The molecule has 0 saturated heterocycles. The predicted molar refractivity (Wildman–Crippen MR) is 101 cm³/mol. The lowest BCUT2D eigenvalue weighted by molar-refractivity contribution is 0.471. The van der Waals surface area contributed by atoms with Crippen LogP contribution in [-0.4, -0.2) is 45.8 Å². The van der Waals surface area contributed by atoms with E-state index in [0.717, 1.165) is 48.4 Å². The molecule has 0 aliphatic heterocycles. The molecule has 0 atom stereocenters. The van der Waals surface area contributed by atoms with Crippen molar-refractivity contribution in [2.24, 2.45) is 12.0 Å². The number of aryl methyl sites for hydroxylation is 3. The summed E-state index contributed by atoms with van der Waals surface area (Å²) in [4.78, 5) is 11.4. The first-order valence-corrected chi connectivity index (χ1v) is 9.19. The zero-order chi connectivity index (χ0) is 17.7. The van der Waals surface area contributed by atoms with Gasteiger partial charge in [-0.1, -0.05) is 0 Å². The highest BCUT2D eigenvalue weighted by molar-refractivity contribution is 7.09. The largest absolute Gasteiger partial charge is 0.357 e. The fraction of sp³-hybridized carbons (Fsp3) is 0.588. The molecule has 7 heteroatoms. The molecule has 2 aromatic heterocycles. The summed E-state index contributed by atoms with van der Waals surface area (Å²) in [5.74, 6) is 0.919. The molecule has 0 saturated carbocycles. The van der Waals surface area contributed by atoms with Crippen molar-refractivity contribution >= 4 is 17.3 Å². The summed E-state index contributed by atoms with van der Waals surface area (Å²) >= 11 is 1.68. The highest BCUT2D eigenvalue weighted by Crippen LogP contribution is 2.13. The maximum atomic E-state index is 4.77. The smallest absolute Gasteiger partial charge is 0.194 e. The third-order valence-corrected chi connectivity index (χ3v) is 4.87. The van der Waals surface area contributed by atoms with Gasteiger partial charge in [-0.3, -0.25) is 9.67 Å². The van der Waals surface area contributed by atoms with Crippen LogP contribution in [0.15, 0.2) is 10.4 Å². The van der Waals surface area contributed by atoms with E-state index in [4.69, 9.17) is 4.99 Å². The van der Waals surface area contributed by atoms with Gasteiger partial charge < -0.3 is 10.2 Å². The van der Waals surface area contributed by atoms with Gasteiger partial charge in [-0.2, -0.15) is 5.10 Å². The van der Waals surface area contributed by atoms with Gasteiger partial charge in [0.1, 0.15) is 0 Å². The van der Waals surface area contributed by atoms with Gasteiger partial charge in [-0.15, -0.1) is 11.3 Å². The molecule has 0 aliphatic carbocycles. The van der Waals surface area contributed by atoms with Crippen molar-refractivity contribution in [1.29, 1.82) is 0 Å². The van der Waals surface area contributed by atoms with E-state index < -0.39 is 0 Å². The molecule has 0 aliphatic rings. The second kappa shape index (κ2) is 8.28. The van der Waals surface area contributed by atoms with Crippen molar-refractivity contribution in [3.8, 4) is 0 Å². The Morgan fingerprint density at radius 3 is 2.67 bits per heavy atom. The number of hydrogen-bond donors (Lipinski definition) is 1. The number of nitrogens with one attached hydrogen (secondary N) is 1. The minimum Gasteiger partial charge on any atom is -0.357 e. The van der Waals surface area contributed by atoms with Gasteiger partial charge in [0.15, 0.2) is 5.96 Å². The number of aromatic nitrogens is 3. The topological polar surface area (TPSA) is 58.3 Å². The Kier molecular flexibility index (Phi) is 6.36. The highest BCUT2D eigenvalue weighted by atomic mass is 32.1. The van der Waals surface area contributed by atoms with Crippen LogP contribution < -0.4 is 5.32 Å². The SMILES string of the molecule is CCNC(=NCCc1c(C)nn(C)c1C)N(C)Cc1csc(C)n1. The summed E-state index contributed by atoms with van der Waals surface area (Å²) in [5.41, 5.74) is 4.71. The normalized spacial score (nSPS) is 11.8. The highest BCUT2D eigenvalue weighted by Gasteiger charge is 2.11. The molecule has 0 unspecified atom stereocenters. The van der Waals surface area contributed by atoms with Crippen LogP contribution in [0.2, 0.25) is 0 Å². The van der Waals surface area contributed by atoms with Gasteiger partial charge in [-0.05, 0) is 39.7 Å². The first-order chi connectivity index (χ1) is 11.4. The first kappa shape index (κ1) is 18.4. The summed E-state index contributed by atoms with van der Waals surface area (Å²) in [6.07, 6.45) is 0.907. The van der Waals surface area contributed by atoms with Crippen LogP contribution in [0.4, 0.5) is 0 Å². The van der Waals surface area contributed by atoms with E-state index in [0.29, 0.717) is 0 Å². The molecule has 0 aromatic carbocycles. The fourth-order valence-corrected chi connectivity index (χ4v) is 3.33. The van der Waals surface area contributed by atoms with Crippen molar-refractivity contribution < 1.29 is 0 Å². The third-order valence-electron chi connectivity index (χ3n) is 4.04. The second-order valence-corrected chi connectivity index (χ2v) is 7.03. The lowest BCUT2D eigenvalue weighted by atomic mass is 10.1. The van der Waals surface area contributed by atoms with Crippen molar-refractivity contribution in [2.75, 3.05) is 20.1 Å². The van der Waals surface area contributed by atoms with E-state index in [2.05, 4.69) is 53.5 Å². The summed E-state index contributed by atoms with van der Waals surface area (Å²) in [6, 6.07) is 0. The molecule has 0 radical (unpaired) electrons. The van der Waals surface area contributed by atoms with E-state index in [-0.39, 0.29) is 0 Å². The van der Waals surface area contributed by atoms with Crippen LogP contribution in [0.5, 0.6) is 0 Å². The fourth-order valence-electron chi connectivity index (χ4n) is 2.72. The van der Waals surface area contributed by atoms with Crippen LogP contribution in [0.1, 0.15) is 34.6 Å². The van der Waals surface area contributed by atoms with Gasteiger partial charge in [0.2, 0.25) is 0 Å². The molecule has 0 spiro atoms. The van der Waals surface area contributed by atoms with Crippen molar-refractivity contribution in [3.63, 3.8) is 0 Å². The van der Waals surface area contributed by atoms with E-state index in [1.54, 1.807) is 11.3 Å². The van der Waals surface area contributed by atoms with Crippen molar-refractivity contribution in [1.82, 2.24) is 25.0 Å². The number of hydrogen-bond acceptors (Lipinski definition) is 4. The zero-order valence-electron chi connectivity index (χ0n) is 15.6. The predicted octanol–water partition coefficient (Wildman–Crippen LogP) is 2.44. The van der Waals surface area contributed by atoms with Gasteiger partial charge in [0.05, 0.1) is 22.9 Å². The molecule has 0 amide bonds. The second-order valence-electron chi connectivity index (χ2n) is 5.97. The lowest BCUT2D eigenvalue weighted by Crippen LogP contribution is -2.38. The Morgan fingerprint density at radius 2 is 2.12 bits per heavy atom. The number of rotatable bonds is 6. The molecule has 24 heavy (non-hydrogen) atoms.